The van der Waals surface area contributed by atoms with E-state index in [1.165, 1.54) is 12.1 Å². The zero-order valence-corrected chi connectivity index (χ0v) is 11.4. The van der Waals surface area contributed by atoms with Crippen LogP contribution in [0, 0.1) is 0 Å². The molecule has 3 N–H and O–H groups in total. The Morgan fingerprint density at radius 3 is 2.32 bits per heavy atom. The van der Waals surface area contributed by atoms with E-state index in [4.69, 9.17) is 9.79 Å². The number of hydrogen-bond acceptors (Lipinski definition) is 3. The van der Waals surface area contributed by atoms with E-state index in [2.05, 4.69) is 0 Å². The summed E-state index contributed by atoms with van der Waals surface area (Å²) in [4.78, 5) is 17.3. The molecule has 0 bridgehead atoms. The van der Waals surface area contributed by atoms with Gasteiger partial charge in [-0.3, -0.25) is 4.57 Å². The molecule has 0 atom stereocenters. The van der Waals surface area contributed by atoms with E-state index in [0.29, 0.717) is 0 Å². The van der Waals surface area contributed by atoms with Crippen LogP contribution in [0.1, 0.15) is 0 Å². The van der Waals surface area contributed by atoms with E-state index >= 15 is 0 Å². The van der Waals surface area contributed by atoms with Crippen LogP contribution >= 0.6 is 7.60 Å². The lowest BCUT2D eigenvalue weighted by Crippen LogP contribution is -2.24. The summed E-state index contributed by atoms with van der Waals surface area (Å²) in [6.45, 7) is 0. The zero-order chi connectivity index (χ0) is 14.1. The van der Waals surface area contributed by atoms with Crippen molar-refractivity contribution in [3.63, 3.8) is 0 Å². The molecule has 0 spiro atoms. The van der Waals surface area contributed by atoms with E-state index < -0.39 is 23.9 Å². The SMILES string of the molecule is O=P(O)(O)CNS(=O)(=O)c1ccc2ccccc2c1. The first-order valence-electron chi connectivity index (χ1n) is 5.31. The first-order chi connectivity index (χ1) is 8.78. The first-order valence-corrected chi connectivity index (χ1v) is 8.59. The average molecular weight is 301 g/mol. The molecule has 0 aliphatic rings. The van der Waals surface area contributed by atoms with Crippen LogP contribution in [-0.2, 0) is 14.6 Å². The quantitative estimate of drug-likeness (QED) is 0.737. The van der Waals surface area contributed by atoms with Gasteiger partial charge in [-0.05, 0) is 22.9 Å². The van der Waals surface area contributed by atoms with Crippen molar-refractivity contribution in [1.82, 2.24) is 4.72 Å². The number of nitrogens with one attached hydrogen (secondary N) is 1. The molecule has 0 aliphatic heterocycles. The minimum atomic E-state index is -4.42. The van der Waals surface area contributed by atoms with Crippen LogP contribution < -0.4 is 4.72 Å². The minimum Gasteiger partial charge on any atom is -0.324 e. The molecule has 8 heteroatoms. The third-order valence-corrected chi connectivity index (χ3v) is 4.67. The lowest BCUT2D eigenvalue weighted by Gasteiger charge is -2.08. The van der Waals surface area contributed by atoms with Crippen LogP contribution in [0.3, 0.4) is 0 Å². The monoisotopic (exact) mass is 301 g/mol. The molecule has 19 heavy (non-hydrogen) atoms. The Kier molecular flexibility index (Phi) is 3.75. The van der Waals surface area contributed by atoms with Crippen LogP contribution in [-0.4, -0.2) is 24.5 Å². The van der Waals surface area contributed by atoms with Gasteiger partial charge in [0.05, 0.1) is 4.90 Å². The van der Waals surface area contributed by atoms with E-state index in [1.807, 2.05) is 16.9 Å². The highest BCUT2D eigenvalue weighted by Gasteiger charge is 2.20. The molecule has 0 saturated carbocycles. The van der Waals surface area contributed by atoms with Gasteiger partial charge in [0.1, 0.15) is 6.29 Å². The van der Waals surface area contributed by atoms with Gasteiger partial charge < -0.3 is 9.79 Å². The Hall–Kier alpha value is -1.24. The maximum absolute atomic E-state index is 11.9. The molecule has 0 unspecified atom stereocenters. The molecular weight excluding hydrogens is 289 g/mol. The van der Waals surface area contributed by atoms with Gasteiger partial charge in [-0.1, -0.05) is 30.3 Å². The van der Waals surface area contributed by atoms with Crippen molar-refractivity contribution >= 4 is 28.4 Å². The van der Waals surface area contributed by atoms with E-state index in [1.54, 1.807) is 18.2 Å². The second-order valence-corrected chi connectivity index (χ2v) is 7.39. The van der Waals surface area contributed by atoms with Crippen molar-refractivity contribution in [2.45, 2.75) is 4.90 Å². The third-order valence-electron chi connectivity index (χ3n) is 2.49. The van der Waals surface area contributed by atoms with E-state index in [0.717, 1.165) is 10.8 Å². The highest BCUT2D eigenvalue weighted by Crippen LogP contribution is 2.32. The van der Waals surface area contributed by atoms with Crippen molar-refractivity contribution in [3.05, 3.63) is 42.5 Å². The minimum absolute atomic E-state index is 0.0281. The maximum Gasteiger partial charge on any atom is 0.340 e. The Morgan fingerprint density at radius 2 is 1.68 bits per heavy atom. The maximum atomic E-state index is 11.9. The average Bonchev–Trinajstić information content (AvgIpc) is 2.35. The highest BCUT2D eigenvalue weighted by molar-refractivity contribution is 7.89. The third kappa shape index (κ3) is 3.62. The fourth-order valence-electron chi connectivity index (χ4n) is 1.59. The Labute approximate surface area is 110 Å². The highest BCUT2D eigenvalue weighted by atomic mass is 32.2. The zero-order valence-electron chi connectivity index (χ0n) is 9.72. The van der Waals surface area contributed by atoms with Crippen LogP contribution in [0.15, 0.2) is 47.4 Å². The van der Waals surface area contributed by atoms with E-state index in [-0.39, 0.29) is 4.90 Å². The van der Waals surface area contributed by atoms with Gasteiger partial charge in [0.25, 0.3) is 0 Å². The summed E-state index contributed by atoms with van der Waals surface area (Å²) in [7, 11) is -8.35. The molecule has 0 fully saturated rings. The molecular formula is C11H12NO5PS. The van der Waals surface area contributed by atoms with Crippen LogP contribution in [0.25, 0.3) is 10.8 Å². The second kappa shape index (κ2) is 5.03. The normalized spacial score (nSPS) is 12.7. The Balaban J connectivity index is 2.35. The summed E-state index contributed by atoms with van der Waals surface area (Å²) in [5.41, 5.74) is 0. The van der Waals surface area contributed by atoms with Crippen molar-refractivity contribution in [1.29, 1.82) is 0 Å². The van der Waals surface area contributed by atoms with Gasteiger partial charge in [-0.15, -0.1) is 0 Å². The van der Waals surface area contributed by atoms with Gasteiger partial charge >= 0.3 is 7.60 Å². The molecule has 0 radical (unpaired) electrons. The predicted molar refractivity (Wildman–Crippen MR) is 71.2 cm³/mol. The largest absolute Gasteiger partial charge is 0.340 e. The number of fused-ring (bicyclic) bond motifs is 1. The molecule has 2 aromatic rings. The summed E-state index contributed by atoms with van der Waals surface area (Å²) >= 11 is 0. The molecule has 0 aromatic heterocycles. The molecule has 6 nitrogen and oxygen atoms in total. The van der Waals surface area contributed by atoms with E-state index in [9.17, 15) is 13.0 Å². The summed E-state index contributed by atoms with van der Waals surface area (Å²) in [6, 6.07) is 11.7. The van der Waals surface area contributed by atoms with Crippen LogP contribution in [0.2, 0.25) is 0 Å². The summed E-state index contributed by atoms with van der Waals surface area (Å²) in [5, 5.41) is 1.62. The molecule has 0 heterocycles. The standard InChI is InChI=1S/C11H12NO5PS/c13-18(14,15)8-12-19(16,17)11-6-5-9-3-1-2-4-10(9)7-11/h1-7,12H,8H2,(H2,13,14,15). The Morgan fingerprint density at radius 1 is 1.05 bits per heavy atom. The number of benzene rings is 2. The number of sulfonamides is 1. The van der Waals surface area contributed by atoms with Gasteiger partial charge in [0, 0.05) is 0 Å². The first kappa shape index (κ1) is 14.2. The lowest BCUT2D eigenvalue weighted by molar-refractivity contribution is 0.371. The molecule has 102 valence electrons. The molecule has 2 aromatic carbocycles. The molecule has 2 rings (SSSR count). The van der Waals surface area contributed by atoms with Gasteiger partial charge in [-0.2, -0.15) is 4.72 Å². The van der Waals surface area contributed by atoms with Crippen molar-refractivity contribution in [2.75, 3.05) is 6.29 Å². The van der Waals surface area contributed by atoms with Crippen LogP contribution in [0.4, 0.5) is 0 Å². The van der Waals surface area contributed by atoms with Crippen molar-refractivity contribution in [2.24, 2.45) is 0 Å². The van der Waals surface area contributed by atoms with Crippen LogP contribution in [0.5, 0.6) is 0 Å². The number of hydrogen-bond donors (Lipinski definition) is 3. The van der Waals surface area contributed by atoms with Crippen molar-refractivity contribution < 1.29 is 22.8 Å². The Bertz CT molecular complexity index is 753. The van der Waals surface area contributed by atoms with Gasteiger partial charge in [-0.25, -0.2) is 8.42 Å². The molecule has 0 aliphatic carbocycles. The predicted octanol–water partition coefficient (Wildman–Crippen LogP) is 1.25. The summed E-state index contributed by atoms with van der Waals surface area (Å²) in [5.74, 6) is 0. The van der Waals surface area contributed by atoms with Gasteiger partial charge in [0.2, 0.25) is 10.0 Å². The fourth-order valence-corrected chi connectivity index (χ4v) is 3.64. The molecule has 0 amide bonds. The summed E-state index contributed by atoms with van der Waals surface area (Å²) in [6.07, 6.45) is -0.915. The lowest BCUT2D eigenvalue weighted by atomic mass is 10.1. The topological polar surface area (TPSA) is 104 Å². The fraction of sp³-hybridized carbons (Fsp3) is 0.0909. The smallest absolute Gasteiger partial charge is 0.324 e. The van der Waals surface area contributed by atoms with Gasteiger partial charge in [0.15, 0.2) is 0 Å². The molecule has 0 saturated heterocycles. The summed E-state index contributed by atoms with van der Waals surface area (Å²) < 4.78 is 36.3. The van der Waals surface area contributed by atoms with Crippen molar-refractivity contribution in [3.8, 4) is 0 Å². The second-order valence-electron chi connectivity index (χ2n) is 3.98. The number of rotatable bonds is 4.